The molecule has 3 rings (SSSR count). The van der Waals surface area contributed by atoms with Crippen LogP contribution in [0.25, 0.3) is 0 Å². The van der Waals surface area contributed by atoms with Gasteiger partial charge in [0.1, 0.15) is 12.6 Å². The predicted octanol–water partition coefficient (Wildman–Crippen LogP) is 4.85. The lowest BCUT2D eigenvalue weighted by Crippen LogP contribution is -2.53. The van der Waals surface area contributed by atoms with Crippen molar-refractivity contribution in [3.05, 3.63) is 83.4 Å². The highest BCUT2D eigenvalue weighted by atomic mass is 32.2. The van der Waals surface area contributed by atoms with Gasteiger partial charge < -0.3 is 19.7 Å². The molecule has 1 N–H and O–H groups in total. The summed E-state index contributed by atoms with van der Waals surface area (Å²) < 4.78 is 40.0. The molecule has 9 nitrogen and oxygen atoms in total. The highest BCUT2D eigenvalue weighted by molar-refractivity contribution is 7.92. The summed E-state index contributed by atoms with van der Waals surface area (Å²) in [5.74, 6) is -0.181. The molecule has 3 aromatic rings. The summed E-state index contributed by atoms with van der Waals surface area (Å²) in [4.78, 5) is 28.9. The van der Waals surface area contributed by atoms with Crippen molar-refractivity contribution in [1.82, 2.24) is 10.2 Å². The number of amides is 2. The molecule has 0 spiro atoms. The zero-order valence-corrected chi connectivity index (χ0v) is 26.2. The minimum absolute atomic E-state index is 0.0661. The molecule has 3 aromatic carbocycles. The van der Waals surface area contributed by atoms with Gasteiger partial charge in [-0.1, -0.05) is 48.9 Å². The molecule has 0 bridgehead atoms. The lowest BCUT2D eigenvalue weighted by molar-refractivity contribution is -0.140. The summed E-state index contributed by atoms with van der Waals surface area (Å²) in [7, 11) is -1.37. The fourth-order valence-electron chi connectivity index (χ4n) is 4.62. The Balaban J connectivity index is 2.11. The number of hydrogen-bond acceptors (Lipinski definition) is 6. The average molecular weight is 596 g/mol. The van der Waals surface area contributed by atoms with Crippen LogP contribution in [0.2, 0.25) is 0 Å². The number of carbonyl (C=O) groups excluding carboxylic acids is 2. The van der Waals surface area contributed by atoms with E-state index in [-0.39, 0.29) is 29.1 Å². The molecule has 0 heterocycles. The van der Waals surface area contributed by atoms with E-state index in [1.54, 1.807) is 24.3 Å². The maximum Gasteiger partial charge on any atom is 0.264 e. The largest absolute Gasteiger partial charge is 0.493 e. The maximum atomic E-state index is 14.2. The van der Waals surface area contributed by atoms with E-state index >= 15 is 0 Å². The Kier molecular flexibility index (Phi) is 11.0. The minimum atomic E-state index is -4.26. The Labute approximate surface area is 249 Å². The Morgan fingerprint density at radius 3 is 2.12 bits per heavy atom. The lowest BCUT2D eigenvalue weighted by Gasteiger charge is -2.34. The quantitative estimate of drug-likeness (QED) is 0.303. The monoisotopic (exact) mass is 595 g/mol. The van der Waals surface area contributed by atoms with Gasteiger partial charge in [0.25, 0.3) is 10.0 Å². The molecule has 10 heteroatoms. The van der Waals surface area contributed by atoms with Gasteiger partial charge >= 0.3 is 0 Å². The van der Waals surface area contributed by atoms with Gasteiger partial charge in [-0.3, -0.25) is 13.9 Å². The fourth-order valence-corrected chi connectivity index (χ4v) is 6.05. The smallest absolute Gasteiger partial charge is 0.264 e. The second-order valence-corrected chi connectivity index (χ2v) is 12.3. The fraction of sp³-hybridized carbons (Fsp3) is 0.375. The van der Waals surface area contributed by atoms with E-state index in [9.17, 15) is 18.0 Å². The van der Waals surface area contributed by atoms with Crippen LogP contribution < -0.4 is 19.1 Å². The number of nitrogens with zero attached hydrogens (tertiary/aromatic N) is 2. The standard InChI is InChI=1S/C32H41N3O6S/c1-8-28(32(37)33-22(2)3)34(20-25-12-10-9-11-24(25)5)31(36)21-35(26-15-13-23(4)14-16-26)42(38,39)27-17-18-29(40-6)30(19-27)41-7/h9-19,22,28H,8,20-21H2,1-7H3,(H,33,37)/t28-/m1/s1. The Morgan fingerprint density at radius 1 is 0.905 bits per heavy atom. The first-order valence-corrected chi connectivity index (χ1v) is 15.3. The molecule has 0 aliphatic carbocycles. The van der Waals surface area contributed by atoms with Crippen LogP contribution in [0.3, 0.4) is 0 Å². The van der Waals surface area contributed by atoms with Crippen LogP contribution >= 0.6 is 0 Å². The number of anilines is 1. The molecule has 226 valence electrons. The molecule has 0 radical (unpaired) electrons. The zero-order valence-electron chi connectivity index (χ0n) is 25.4. The summed E-state index contributed by atoms with van der Waals surface area (Å²) in [6.07, 6.45) is 0.350. The van der Waals surface area contributed by atoms with Crippen molar-refractivity contribution in [3.8, 4) is 11.5 Å². The molecule has 0 saturated heterocycles. The van der Waals surface area contributed by atoms with Crippen molar-refractivity contribution >= 4 is 27.5 Å². The van der Waals surface area contributed by atoms with Gasteiger partial charge in [-0.05, 0) is 69.5 Å². The molecular formula is C32H41N3O6S. The van der Waals surface area contributed by atoms with Crippen LogP contribution in [0, 0.1) is 13.8 Å². The summed E-state index contributed by atoms with van der Waals surface area (Å²) >= 11 is 0. The van der Waals surface area contributed by atoms with E-state index in [0.29, 0.717) is 17.9 Å². The summed E-state index contributed by atoms with van der Waals surface area (Å²) in [6.45, 7) is 9.00. The van der Waals surface area contributed by atoms with E-state index in [4.69, 9.17) is 9.47 Å². The SMILES string of the molecule is CC[C@H](C(=O)NC(C)C)N(Cc1ccccc1C)C(=O)CN(c1ccc(C)cc1)S(=O)(=O)c1ccc(OC)c(OC)c1. The summed E-state index contributed by atoms with van der Waals surface area (Å²) in [6, 6.07) is 17.9. The number of ether oxygens (including phenoxy) is 2. The summed E-state index contributed by atoms with van der Waals surface area (Å²) in [5, 5.41) is 2.91. The van der Waals surface area contributed by atoms with E-state index in [1.165, 1.54) is 37.3 Å². The van der Waals surface area contributed by atoms with Gasteiger partial charge in [-0.2, -0.15) is 0 Å². The molecule has 42 heavy (non-hydrogen) atoms. The first-order valence-electron chi connectivity index (χ1n) is 13.9. The first kappa shape index (κ1) is 32.5. The van der Waals surface area contributed by atoms with E-state index in [1.807, 2.05) is 58.9 Å². The van der Waals surface area contributed by atoms with Crippen LogP contribution in [0.5, 0.6) is 11.5 Å². The number of carbonyl (C=O) groups is 2. The zero-order chi connectivity index (χ0) is 31.0. The second-order valence-electron chi connectivity index (χ2n) is 10.4. The number of hydrogen-bond donors (Lipinski definition) is 1. The molecule has 0 unspecified atom stereocenters. The van der Waals surface area contributed by atoms with Gasteiger partial charge in [0, 0.05) is 18.7 Å². The molecule has 1 atom stereocenters. The van der Waals surface area contributed by atoms with Crippen molar-refractivity contribution in [3.63, 3.8) is 0 Å². The molecule has 0 aromatic heterocycles. The van der Waals surface area contributed by atoms with Crippen LogP contribution in [0.4, 0.5) is 5.69 Å². The minimum Gasteiger partial charge on any atom is -0.493 e. The number of methoxy groups -OCH3 is 2. The normalized spacial score (nSPS) is 12.0. The molecule has 0 aliphatic heterocycles. The number of nitrogens with one attached hydrogen (secondary N) is 1. The summed E-state index contributed by atoms with van der Waals surface area (Å²) in [5.41, 5.74) is 3.08. The van der Waals surface area contributed by atoms with Gasteiger partial charge in [0.15, 0.2) is 11.5 Å². The van der Waals surface area contributed by atoms with Gasteiger partial charge in [-0.15, -0.1) is 0 Å². The van der Waals surface area contributed by atoms with E-state index < -0.39 is 28.5 Å². The lowest BCUT2D eigenvalue weighted by atomic mass is 10.1. The first-order chi connectivity index (χ1) is 19.9. The maximum absolute atomic E-state index is 14.2. The van der Waals surface area contributed by atoms with Gasteiger partial charge in [0.2, 0.25) is 11.8 Å². The van der Waals surface area contributed by atoms with Gasteiger partial charge in [-0.25, -0.2) is 8.42 Å². The van der Waals surface area contributed by atoms with Crippen molar-refractivity contribution < 1.29 is 27.5 Å². The van der Waals surface area contributed by atoms with E-state index in [0.717, 1.165) is 21.0 Å². The Morgan fingerprint density at radius 2 is 1.55 bits per heavy atom. The van der Waals surface area contributed by atoms with Crippen molar-refractivity contribution in [2.75, 3.05) is 25.1 Å². The third-order valence-electron chi connectivity index (χ3n) is 6.96. The Hall–Kier alpha value is -4.05. The van der Waals surface area contributed by atoms with Crippen LogP contribution in [0.1, 0.15) is 43.9 Å². The average Bonchev–Trinajstić information content (AvgIpc) is 2.96. The number of aryl methyl sites for hydroxylation is 2. The Bertz CT molecular complexity index is 1490. The molecule has 2 amide bonds. The van der Waals surface area contributed by atoms with Crippen LogP contribution in [-0.4, -0.2) is 58.0 Å². The van der Waals surface area contributed by atoms with Crippen molar-refractivity contribution in [2.24, 2.45) is 0 Å². The third-order valence-corrected chi connectivity index (χ3v) is 8.73. The predicted molar refractivity (Wildman–Crippen MR) is 164 cm³/mol. The highest BCUT2D eigenvalue weighted by Gasteiger charge is 2.34. The molecular weight excluding hydrogens is 554 g/mol. The van der Waals surface area contributed by atoms with Crippen LogP contribution in [-0.2, 0) is 26.2 Å². The molecule has 0 aliphatic rings. The number of sulfonamides is 1. The third kappa shape index (κ3) is 7.61. The van der Waals surface area contributed by atoms with Gasteiger partial charge in [0.05, 0.1) is 24.8 Å². The molecule has 0 fully saturated rings. The van der Waals surface area contributed by atoms with Crippen molar-refractivity contribution in [1.29, 1.82) is 0 Å². The van der Waals surface area contributed by atoms with E-state index in [2.05, 4.69) is 5.32 Å². The second kappa shape index (κ2) is 14.2. The number of rotatable bonds is 13. The van der Waals surface area contributed by atoms with Crippen molar-refractivity contribution in [2.45, 2.75) is 64.6 Å². The van der Waals surface area contributed by atoms with Crippen LogP contribution in [0.15, 0.2) is 71.6 Å². The topological polar surface area (TPSA) is 105 Å². The highest BCUT2D eigenvalue weighted by Crippen LogP contribution is 2.32. The molecule has 0 saturated carbocycles. The number of benzene rings is 3.